The molecular weight excluding hydrogens is 370 g/mol. The Morgan fingerprint density at radius 3 is 2.90 bits per heavy atom. The molecule has 1 N–H and O–H groups in total. The van der Waals surface area contributed by atoms with E-state index in [2.05, 4.69) is 11.8 Å². The highest BCUT2D eigenvalue weighted by Crippen LogP contribution is 2.65. The van der Waals surface area contributed by atoms with Crippen LogP contribution in [0.5, 0.6) is 11.5 Å². The van der Waals surface area contributed by atoms with Crippen molar-refractivity contribution in [3.05, 3.63) is 23.3 Å². The second-order valence-corrected chi connectivity index (χ2v) is 9.82. The predicted molar refractivity (Wildman–Crippen MR) is 104 cm³/mol. The maximum absolute atomic E-state index is 13.0. The molecule has 2 unspecified atom stereocenters. The summed E-state index contributed by atoms with van der Waals surface area (Å²) in [7, 11) is 0. The molecule has 6 rings (SSSR count). The zero-order chi connectivity index (χ0) is 20.1. The van der Waals surface area contributed by atoms with Crippen LogP contribution in [0.2, 0.25) is 0 Å². The molecule has 1 aromatic carbocycles. The van der Waals surface area contributed by atoms with E-state index in [-0.39, 0.29) is 11.8 Å². The lowest BCUT2D eigenvalue weighted by atomic mass is 9.49. The van der Waals surface area contributed by atoms with Gasteiger partial charge < -0.3 is 14.6 Å². The molecule has 6 heteroatoms. The molecule has 3 aliphatic carbocycles. The summed E-state index contributed by atoms with van der Waals surface area (Å²) in [5, 5.41) is 12.2. The molecule has 5 aliphatic rings. The number of esters is 1. The Morgan fingerprint density at radius 1 is 1.38 bits per heavy atom. The Bertz CT molecular complexity index is 943. The van der Waals surface area contributed by atoms with Gasteiger partial charge in [-0.25, -0.2) is 0 Å². The number of piperidine rings is 1. The number of hydrogen-bond donors (Lipinski definition) is 1. The van der Waals surface area contributed by atoms with Gasteiger partial charge in [-0.15, -0.1) is 0 Å². The van der Waals surface area contributed by atoms with Crippen molar-refractivity contribution in [2.24, 2.45) is 11.8 Å². The van der Waals surface area contributed by atoms with Gasteiger partial charge in [-0.3, -0.25) is 14.5 Å². The van der Waals surface area contributed by atoms with Crippen LogP contribution in [0.3, 0.4) is 0 Å². The van der Waals surface area contributed by atoms with Crippen LogP contribution < -0.4 is 9.47 Å². The van der Waals surface area contributed by atoms with E-state index in [1.807, 2.05) is 6.07 Å². The second kappa shape index (κ2) is 5.61. The Kier molecular flexibility index (Phi) is 3.46. The van der Waals surface area contributed by atoms with Crippen molar-refractivity contribution in [2.75, 3.05) is 13.1 Å². The lowest BCUT2D eigenvalue weighted by molar-refractivity contribution is -0.189. The minimum Gasteiger partial charge on any atom is -0.477 e. The zero-order valence-electron chi connectivity index (χ0n) is 16.9. The van der Waals surface area contributed by atoms with Crippen LogP contribution in [0.15, 0.2) is 12.1 Å². The topological polar surface area (TPSA) is 76.1 Å². The number of likely N-dealkylation sites (tertiary alicyclic amines) is 1. The molecule has 0 amide bonds. The Labute approximate surface area is 170 Å². The van der Waals surface area contributed by atoms with Crippen molar-refractivity contribution in [3.8, 4) is 11.5 Å². The molecule has 6 nitrogen and oxygen atoms in total. The molecule has 3 fully saturated rings. The number of hydrogen-bond acceptors (Lipinski definition) is 6. The monoisotopic (exact) mass is 397 g/mol. The summed E-state index contributed by atoms with van der Waals surface area (Å²) >= 11 is 0. The van der Waals surface area contributed by atoms with Crippen LogP contribution in [0.25, 0.3) is 0 Å². The van der Waals surface area contributed by atoms with Crippen molar-refractivity contribution in [2.45, 2.75) is 69.1 Å². The second-order valence-electron chi connectivity index (χ2n) is 9.82. The number of nitrogens with zero attached hydrogens (tertiary/aromatic N) is 1. The van der Waals surface area contributed by atoms with Gasteiger partial charge in [0.2, 0.25) is 0 Å². The highest BCUT2D eigenvalue weighted by molar-refractivity contribution is 5.90. The molecule has 1 aromatic rings. The van der Waals surface area contributed by atoms with Crippen molar-refractivity contribution in [3.63, 3.8) is 0 Å². The standard InChI is InChI=1S/C23H27NO5/c1-12-9-15(12)11-24-8-7-22-19-14-3-4-17(28-13(2)25)20(19)29-21(22)16(26)5-6-23(22,27)18(24)10-14/h3-4,12,15,18,21,27H,5-11H2,1-2H3/t12?,15?,18-,21+,22+,23-/m1/s1. The molecule has 6 atom stereocenters. The molecule has 2 aliphatic heterocycles. The van der Waals surface area contributed by atoms with Gasteiger partial charge in [0.15, 0.2) is 23.4 Å². The van der Waals surface area contributed by atoms with Crippen molar-refractivity contribution in [1.82, 2.24) is 4.90 Å². The number of Topliss-reactive ketones (excluding diaryl/α,β-unsaturated/α-hetero) is 1. The van der Waals surface area contributed by atoms with Crippen molar-refractivity contribution >= 4 is 11.8 Å². The van der Waals surface area contributed by atoms with Gasteiger partial charge in [-0.2, -0.15) is 0 Å². The van der Waals surface area contributed by atoms with E-state index in [0.29, 0.717) is 30.8 Å². The maximum atomic E-state index is 13.0. The lowest BCUT2D eigenvalue weighted by Gasteiger charge is -2.62. The highest BCUT2D eigenvalue weighted by atomic mass is 16.6. The van der Waals surface area contributed by atoms with E-state index < -0.39 is 23.1 Å². The summed E-state index contributed by atoms with van der Waals surface area (Å²) in [6.07, 6.45) is 2.83. The fraction of sp³-hybridized carbons (Fsp3) is 0.652. The molecule has 1 saturated heterocycles. The van der Waals surface area contributed by atoms with E-state index in [9.17, 15) is 14.7 Å². The first-order chi connectivity index (χ1) is 13.8. The minimum absolute atomic E-state index is 0.00118. The van der Waals surface area contributed by atoms with E-state index in [1.54, 1.807) is 6.07 Å². The van der Waals surface area contributed by atoms with Crippen LogP contribution in [0, 0.1) is 11.8 Å². The van der Waals surface area contributed by atoms with Gasteiger partial charge in [-0.05, 0) is 55.7 Å². The summed E-state index contributed by atoms with van der Waals surface area (Å²) in [5.41, 5.74) is 0.330. The summed E-state index contributed by atoms with van der Waals surface area (Å²) in [6, 6.07) is 3.78. The van der Waals surface area contributed by atoms with Gasteiger partial charge in [0, 0.05) is 31.5 Å². The summed E-state index contributed by atoms with van der Waals surface area (Å²) < 4.78 is 11.6. The quantitative estimate of drug-likeness (QED) is 0.621. The number of ether oxygens (including phenoxy) is 2. The first kappa shape index (κ1) is 17.9. The molecule has 1 spiro atoms. The van der Waals surface area contributed by atoms with Crippen molar-refractivity contribution < 1.29 is 24.2 Å². The normalized spacial score (nSPS) is 41.6. The fourth-order valence-electron chi connectivity index (χ4n) is 6.81. The largest absolute Gasteiger partial charge is 0.477 e. The Hall–Kier alpha value is -1.92. The van der Waals surface area contributed by atoms with E-state index in [0.717, 1.165) is 42.5 Å². The third kappa shape index (κ3) is 2.14. The highest BCUT2D eigenvalue weighted by Gasteiger charge is 2.73. The molecule has 29 heavy (non-hydrogen) atoms. The van der Waals surface area contributed by atoms with E-state index in [1.165, 1.54) is 13.3 Å². The number of carbonyl (C=O) groups excluding carboxylic acids is 2. The van der Waals surface area contributed by atoms with Crippen LogP contribution in [-0.2, 0) is 21.4 Å². The van der Waals surface area contributed by atoms with Gasteiger partial charge in [0.25, 0.3) is 0 Å². The fourth-order valence-corrected chi connectivity index (χ4v) is 6.81. The number of benzene rings is 1. The van der Waals surface area contributed by atoms with Gasteiger partial charge in [-0.1, -0.05) is 13.0 Å². The average molecular weight is 397 g/mol. The SMILES string of the molecule is CC(=O)Oc1ccc2c3c1O[C@H]1C(=O)CC[C@@]4(O)[C@@H](C2)N(CC2CC2C)CC[C@]314. The van der Waals surface area contributed by atoms with Gasteiger partial charge in [0.05, 0.1) is 11.0 Å². The number of rotatable bonds is 3. The van der Waals surface area contributed by atoms with Crippen molar-refractivity contribution in [1.29, 1.82) is 0 Å². The molecular formula is C23H27NO5. The Balaban J connectivity index is 1.51. The first-order valence-electron chi connectivity index (χ1n) is 10.9. The van der Waals surface area contributed by atoms with Crippen LogP contribution >= 0.6 is 0 Å². The lowest BCUT2D eigenvalue weighted by Crippen LogP contribution is -2.76. The zero-order valence-corrected chi connectivity index (χ0v) is 16.9. The Morgan fingerprint density at radius 2 is 2.17 bits per heavy atom. The van der Waals surface area contributed by atoms with Crippen LogP contribution in [0.1, 0.15) is 50.7 Å². The van der Waals surface area contributed by atoms with E-state index >= 15 is 0 Å². The molecule has 2 bridgehead atoms. The van der Waals surface area contributed by atoms with Crippen LogP contribution in [0.4, 0.5) is 0 Å². The van der Waals surface area contributed by atoms with Gasteiger partial charge in [0.1, 0.15) is 0 Å². The first-order valence-corrected chi connectivity index (χ1v) is 10.9. The molecule has 2 heterocycles. The van der Waals surface area contributed by atoms with Crippen LogP contribution in [-0.4, -0.2) is 52.6 Å². The third-order valence-corrected chi connectivity index (χ3v) is 8.35. The summed E-state index contributed by atoms with van der Waals surface area (Å²) in [5.74, 6) is 1.99. The summed E-state index contributed by atoms with van der Waals surface area (Å²) in [4.78, 5) is 27.0. The molecule has 0 aromatic heterocycles. The molecule has 0 radical (unpaired) electrons. The number of ketones is 1. The molecule has 2 saturated carbocycles. The predicted octanol–water partition coefficient (Wildman–Crippen LogP) is 1.99. The summed E-state index contributed by atoms with van der Waals surface area (Å²) in [6.45, 7) is 5.54. The van der Waals surface area contributed by atoms with Gasteiger partial charge >= 0.3 is 5.97 Å². The maximum Gasteiger partial charge on any atom is 0.308 e. The number of aliphatic hydroxyl groups is 1. The third-order valence-electron chi connectivity index (χ3n) is 8.35. The smallest absolute Gasteiger partial charge is 0.308 e. The number of carbonyl (C=O) groups is 2. The minimum atomic E-state index is -0.991. The van der Waals surface area contributed by atoms with E-state index in [4.69, 9.17) is 9.47 Å². The molecule has 154 valence electrons. The average Bonchev–Trinajstić information content (AvgIpc) is 3.22.